The van der Waals surface area contributed by atoms with Crippen molar-refractivity contribution >= 4 is 11.6 Å². The number of halogens is 7. The van der Waals surface area contributed by atoms with Crippen molar-refractivity contribution in [1.29, 1.82) is 0 Å². The maximum atomic E-state index is 11.8. The smallest absolute Gasteiger partial charge is 0.394 e. The Morgan fingerprint density at radius 2 is 1.38 bits per heavy atom. The standard InChI is InChI=1S/C5H5ClF6O/c6-3(2-13,5(10,11)12)1-4(7,8)9/h13H,1-2H2. The normalized spacial score (nSPS) is 18.5. The second-order valence-electron chi connectivity index (χ2n) is 2.41. The first-order valence-corrected chi connectivity index (χ1v) is 3.33. The van der Waals surface area contributed by atoms with Crippen LogP contribution in [0.25, 0.3) is 0 Å². The minimum atomic E-state index is -5.29. The van der Waals surface area contributed by atoms with Crippen LogP contribution in [-0.2, 0) is 0 Å². The molecule has 0 saturated heterocycles. The molecule has 0 spiro atoms. The van der Waals surface area contributed by atoms with Crippen LogP contribution in [-0.4, -0.2) is 28.9 Å². The number of rotatable bonds is 2. The van der Waals surface area contributed by atoms with Gasteiger partial charge in [-0.05, 0) is 0 Å². The summed E-state index contributed by atoms with van der Waals surface area (Å²) in [5, 5.41) is 8.13. The molecule has 0 heterocycles. The Balaban J connectivity index is 4.67. The molecule has 13 heavy (non-hydrogen) atoms. The van der Waals surface area contributed by atoms with Crippen LogP contribution in [0.5, 0.6) is 0 Å². The molecule has 0 fully saturated rings. The van der Waals surface area contributed by atoms with E-state index < -0.39 is 30.3 Å². The molecule has 0 aliphatic carbocycles. The number of aliphatic hydroxyl groups is 1. The number of hydrogen-bond acceptors (Lipinski definition) is 1. The molecule has 0 amide bonds. The zero-order valence-corrected chi connectivity index (χ0v) is 6.76. The van der Waals surface area contributed by atoms with Gasteiger partial charge in [-0.3, -0.25) is 0 Å². The first-order valence-electron chi connectivity index (χ1n) is 2.95. The van der Waals surface area contributed by atoms with Crippen LogP contribution in [0.4, 0.5) is 26.3 Å². The van der Waals surface area contributed by atoms with Crippen molar-refractivity contribution in [2.45, 2.75) is 23.6 Å². The molecule has 0 aliphatic heterocycles. The molecule has 1 atom stereocenters. The minimum Gasteiger partial charge on any atom is -0.394 e. The Bertz CT molecular complexity index is 175. The lowest BCUT2D eigenvalue weighted by atomic mass is 10.1. The summed E-state index contributed by atoms with van der Waals surface area (Å²) in [6, 6.07) is 0. The fourth-order valence-corrected chi connectivity index (χ4v) is 0.715. The number of aliphatic hydroxyl groups excluding tert-OH is 1. The molecule has 1 N–H and O–H groups in total. The van der Waals surface area contributed by atoms with Gasteiger partial charge in [0.05, 0.1) is 13.0 Å². The van der Waals surface area contributed by atoms with Crippen molar-refractivity contribution in [3.8, 4) is 0 Å². The molecular weight excluding hydrogens is 225 g/mol. The van der Waals surface area contributed by atoms with Crippen LogP contribution in [0.3, 0.4) is 0 Å². The molecule has 0 aliphatic rings. The predicted octanol–water partition coefficient (Wildman–Crippen LogP) is 2.47. The molecule has 0 rings (SSSR count). The lowest BCUT2D eigenvalue weighted by molar-refractivity contribution is -0.214. The van der Waals surface area contributed by atoms with Gasteiger partial charge < -0.3 is 5.11 Å². The van der Waals surface area contributed by atoms with Crippen LogP contribution < -0.4 is 0 Å². The molecule has 0 bridgehead atoms. The van der Waals surface area contributed by atoms with Crippen molar-refractivity contribution < 1.29 is 31.4 Å². The third kappa shape index (κ3) is 3.60. The van der Waals surface area contributed by atoms with Gasteiger partial charge in [-0.25, -0.2) is 0 Å². The fourth-order valence-electron chi connectivity index (χ4n) is 0.563. The van der Waals surface area contributed by atoms with E-state index in [1.807, 2.05) is 0 Å². The van der Waals surface area contributed by atoms with Gasteiger partial charge in [0.1, 0.15) is 0 Å². The van der Waals surface area contributed by atoms with Gasteiger partial charge in [0.2, 0.25) is 0 Å². The third-order valence-electron chi connectivity index (χ3n) is 1.24. The molecule has 1 unspecified atom stereocenters. The Labute approximate surface area is 74.3 Å². The zero-order valence-electron chi connectivity index (χ0n) is 6.01. The average molecular weight is 231 g/mol. The lowest BCUT2D eigenvalue weighted by Gasteiger charge is -2.28. The van der Waals surface area contributed by atoms with E-state index in [1.165, 1.54) is 0 Å². The maximum absolute atomic E-state index is 11.8. The number of alkyl halides is 7. The Morgan fingerprint density at radius 1 is 1.00 bits per heavy atom. The van der Waals surface area contributed by atoms with Gasteiger partial charge in [0.25, 0.3) is 0 Å². The Morgan fingerprint density at radius 3 is 1.46 bits per heavy atom. The number of hydrogen-bond donors (Lipinski definition) is 1. The van der Waals surface area contributed by atoms with E-state index in [9.17, 15) is 26.3 Å². The average Bonchev–Trinajstić information content (AvgIpc) is 1.81. The highest BCUT2D eigenvalue weighted by Gasteiger charge is 2.58. The van der Waals surface area contributed by atoms with Gasteiger partial charge >= 0.3 is 12.4 Å². The topological polar surface area (TPSA) is 20.2 Å². The van der Waals surface area contributed by atoms with Gasteiger partial charge in [-0.1, -0.05) is 0 Å². The quantitative estimate of drug-likeness (QED) is 0.571. The van der Waals surface area contributed by atoms with Crippen LogP contribution in [0.2, 0.25) is 0 Å². The van der Waals surface area contributed by atoms with Crippen molar-refractivity contribution in [2.75, 3.05) is 6.61 Å². The van der Waals surface area contributed by atoms with Gasteiger partial charge in [-0.2, -0.15) is 26.3 Å². The largest absolute Gasteiger partial charge is 0.410 e. The molecule has 8 heteroatoms. The Hall–Kier alpha value is -0.170. The molecule has 0 saturated carbocycles. The molecule has 0 radical (unpaired) electrons. The molecule has 1 nitrogen and oxygen atoms in total. The second kappa shape index (κ2) is 3.53. The molecule has 80 valence electrons. The minimum absolute atomic E-state index is 1.81. The predicted molar refractivity (Wildman–Crippen MR) is 32.4 cm³/mol. The van der Waals surface area contributed by atoms with Crippen LogP contribution in [0.15, 0.2) is 0 Å². The summed E-state index contributed by atoms with van der Waals surface area (Å²) in [5.74, 6) is 0. The van der Waals surface area contributed by atoms with E-state index >= 15 is 0 Å². The SMILES string of the molecule is OCC(Cl)(CC(F)(F)F)C(F)(F)F. The second-order valence-corrected chi connectivity index (χ2v) is 3.14. The van der Waals surface area contributed by atoms with Crippen molar-refractivity contribution in [1.82, 2.24) is 0 Å². The summed E-state index contributed by atoms with van der Waals surface area (Å²) in [6.07, 6.45) is -12.7. The first-order chi connectivity index (χ1) is 5.52. The van der Waals surface area contributed by atoms with Crippen molar-refractivity contribution in [3.63, 3.8) is 0 Å². The van der Waals surface area contributed by atoms with Gasteiger partial charge in [-0.15, -0.1) is 11.6 Å². The Kier molecular flexibility index (Phi) is 3.48. The third-order valence-corrected chi connectivity index (χ3v) is 1.71. The lowest BCUT2D eigenvalue weighted by Crippen LogP contribution is -2.46. The van der Waals surface area contributed by atoms with Crippen LogP contribution >= 0.6 is 11.6 Å². The molecular formula is C5H5ClF6O. The summed E-state index contributed by atoms with van der Waals surface area (Å²) in [7, 11) is 0. The highest BCUT2D eigenvalue weighted by Crippen LogP contribution is 2.43. The molecule has 0 aromatic rings. The van der Waals surface area contributed by atoms with E-state index in [-0.39, 0.29) is 0 Å². The van der Waals surface area contributed by atoms with Crippen LogP contribution in [0.1, 0.15) is 6.42 Å². The molecule has 0 aromatic carbocycles. The summed E-state index contributed by atoms with van der Waals surface area (Å²) >= 11 is 4.59. The summed E-state index contributed by atoms with van der Waals surface area (Å²) in [5.41, 5.74) is 0. The fraction of sp³-hybridized carbons (Fsp3) is 1.00. The van der Waals surface area contributed by atoms with E-state index in [2.05, 4.69) is 11.6 Å². The van der Waals surface area contributed by atoms with Crippen molar-refractivity contribution in [2.24, 2.45) is 0 Å². The first kappa shape index (κ1) is 12.8. The summed E-state index contributed by atoms with van der Waals surface area (Å²) in [4.78, 5) is -3.63. The van der Waals surface area contributed by atoms with E-state index in [0.717, 1.165) is 0 Å². The monoisotopic (exact) mass is 230 g/mol. The van der Waals surface area contributed by atoms with E-state index in [0.29, 0.717) is 0 Å². The van der Waals surface area contributed by atoms with E-state index in [1.54, 1.807) is 0 Å². The van der Waals surface area contributed by atoms with Crippen molar-refractivity contribution in [3.05, 3.63) is 0 Å². The molecule has 0 aromatic heterocycles. The maximum Gasteiger partial charge on any atom is 0.410 e. The highest BCUT2D eigenvalue weighted by atomic mass is 35.5. The van der Waals surface area contributed by atoms with Crippen LogP contribution in [0, 0.1) is 0 Å². The highest BCUT2D eigenvalue weighted by molar-refractivity contribution is 6.24. The van der Waals surface area contributed by atoms with Gasteiger partial charge in [0, 0.05) is 0 Å². The van der Waals surface area contributed by atoms with Gasteiger partial charge in [0.15, 0.2) is 4.87 Å². The summed E-state index contributed by atoms with van der Waals surface area (Å²) < 4.78 is 70.2. The van der Waals surface area contributed by atoms with E-state index in [4.69, 9.17) is 5.11 Å². The zero-order chi connectivity index (χ0) is 10.9. The summed E-state index contributed by atoms with van der Waals surface area (Å²) in [6.45, 7) is -1.81.